The number of hydrogen-bond donors (Lipinski definition) is 1. The summed E-state index contributed by atoms with van der Waals surface area (Å²) in [7, 11) is 3.27. The number of hydrogen-bond acceptors (Lipinski definition) is 6. The highest BCUT2D eigenvalue weighted by atomic mass is 16.5. The first-order valence-corrected chi connectivity index (χ1v) is 6.95. The molecule has 0 amide bonds. The van der Waals surface area contributed by atoms with Gasteiger partial charge in [-0.25, -0.2) is 4.68 Å². The molecule has 2 rings (SSSR count). The maximum absolute atomic E-state index is 5.40. The Labute approximate surface area is 124 Å². The van der Waals surface area contributed by atoms with Crippen molar-refractivity contribution < 1.29 is 9.47 Å². The fraction of sp³-hybridized carbons (Fsp3) is 0.500. The third-order valence-electron chi connectivity index (χ3n) is 3.13. The van der Waals surface area contributed by atoms with Crippen LogP contribution in [0.2, 0.25) is 0 Å². The van der Waals surface area contributed by atoms with Gasteiger partial charge in [-0.3, -0.25) is 0 Å². The zero-order chi connectivity index (χ0) is 15.1. The van der Waals surface area contributed by atoms with Gasteiger partial charge in [0, 0.05) is 11.6 Å². The van der Waals surface area contributed by atoms with E-state index in [1.165, 1.54) is 0 Å². The molecule has 2 aromatic rings. The molecule has 0 aliphatic heterocycles. The van der Waals surface area contributed by atoms with Crippen LogP contribution >= 0.6 is 0 Å². The van der Waals surface area contributed by atoms with Crippen LogP contribution in [0.15, 0.2) is 18.2 Å². The molecule has 0 saturated carbocycles. The standard InChI is InChI=1S/C14H21N5O2/c1-4-7-15-9-14-16-17-18-19(14)10-11-5-6-12(20-2)8-13(11)21-3/h5-6,8,15H,4,7,9-10H2,1-3H3. The van der Waals surface area contributed by atoms with E-state index < -0.39 is 0 Å². The van der Waals surface area contributed by atoms with Crippen molar-refractivity contribution in [3.05, 3.63) is 29.6 Å². The highest BCUT2D eigenvalue weighted by Crippen LogP contribution is 2.25. The maximum Gasteiger partial charge on any atom is 0.165 e. The number of nitrogens with zero attached hydrogens (tertiary/aromatic N) is 4. The van der Waals surface area contributed by atoms with Gasteiger partial charge in [0.15, 0.2) is 5.82 Å². The lowest BCUT2D eigenvalue weighted by Gasteiger charge is -2.11. The van der Waals surface area contributed by atoms with Gasteiger partial charge >= 0.3 is 0 Å². The Kier molecular flexibility index (Phi) is 5.51. The summed E-state index contributed by atoms with van der Waals surface area (Å²) >= 11 is 0. The van der Waals surface area contributed by atoms with Crippen LogP contribution in [-0.2, 0) is 13.1 Å². The van der Waals surface area contributed by atoms with Crippen LogP contribution in [0, 0.1) is 0 Å². The van der Waals surface area contributed by atoms with Gasteiger partial charge in [-0.2, -0.15) is 0 Å². The monoisotopic (exact) mass is 291 g/mol. The smallest absolute Gasteiger partial charge is 0.165 e. The van der Waals surface area contributed by atoms with E-state index in [2.05, 4.69) is 27.8 Å². The van der Waals surface area contributed by atoms with Crippen LogP contribution in [0.1, 0.15) is 24.7 Å². The molecule has 114 valence electrons. The van der Waals surface area contributed by atoms with Crippen LogP contribution in [0.4, 0.5) is 0 Å². The Bertz CT molecular complexity index is 570. The van der Waals surface area contributed by atoms with E-state index in [1.807, 2.05) is 18.2 Å². The molecule has 7 heteroatoms. The normalized spacial score (nSPS) is 10.6. The van der Waals surface area contributed by atoms with Crippen molar-refractivity contribution in [2.24, 2.45) is 0 Å². The zero-order valence-electron chi connectivity index (χ0n) is 12.7. The van der Waals surface area contributed by atoms with Crippen LogP contribution in [-0.4, -0.2) is 41.0 Å². The molecule has 21 heavy (non-hydrogen) atoms. The van der Waals surface area contributed by atoms with E-state index in [1.54, 1.807) is 18.9 Å². The second-order valence-corrected chi connectivity index (χ2v) is 4.61. The summed E-state index contributed by atoms with van der Waals surface area (Å²) in [5.74, 6) is 2.33. The summed E-state index contributed by atoms with van der Waals surface area (Å²) in [6.07, 6.45) is 1.08. The molecule has 0 unspecified atom stereocenters. The lowest BCUT2D eigenvalue weighted by atomic mass is 10.2. The topological polar surface area (TPSA) is 74.1 Å². The largest absolute Gasteiger partial charge is 0.497 e. The van der Waals surface area contributed by atoms with Crippen molar-refractivity contribution in [3.8, 4) is 11.5 Å². The average Bonchev–Trinajstić information content (AvgIpc) is 2.95. The molecule has 0 aliphatic rings. The summed E-state index contributed by atoms with van der Waals surface area (Å²) in [5.41, 5.74) is 1.00. The molecule has 1 aromatic carbocycles. The molecule has 0 spiro atoms. The van der Waals surface area contributed by atoms with Gasteiger partial charge in [-0.15, -0.1) is 5.10 Å². The van der Waals surface area contributed by atoms with E-state index in [-0.39, 0.29) is 0 Å². The summed E-state index contributed by atoms with van der Waals surface area (Å²) < 4.78 is 12.4. The molecule has 0 radical (unpaired) electrons. The fourth-order valence-corrected chi connectivity index (χ4v) is 1.99. The van der Waals surface area contributed by atoms with Gasteiger partial charge in [-0.05, 0) is 35.5 Å². The molecule has 0 saturated heterocycles. The van der Waals surface area contributed by atoms with Crippen molar-refractivity contribution in [1.82, 2.24) is 25.5 Å². The first kappa shape index (κ1) is 15.2. The number of ether oxygens (including phenoxy) is 2. The van der Waals surface area contributed by atoms with Crippen molar-refractivity contribution in [2.45, 2.75) is 26.4 Å². The van der Waals surface area contributed by atoms with Crippen molar-refractivity contribution in [2.75, 3.05) is 20.8 Å². The van der Waals surface area contributed by atoms with Gasteiger partial charge in [-0.1, -0.05) is 6.92 Å². The summed E-state index contributed by atoms with van der Waals surface area (Å²) in [6.45, 7) is 4.28. The summed E-state index contributed by atoms with van der Waals surface area (Å²) in [4.78, 5) is 0. The Hall–Kier alpha value is -2.15. The van der Waals surface area contributed by atoms with Gasteiger partial charge < -0.3 is 14.8 Å². The van der Waals surface area contributed by atoms with Gasteiger partial charge in [0.25, 0.3) is 0 Å². The fourth-order valence-electron chi connectivity index (χ4n) is 1.99. The third kappa shape index (κ3) is 3.91. The summed E-state index contributed by atoms with van der Waals surface area (Å²) in [6, 6.07) is 5.72. The highest BCUT2D eigenvalue weighted by Gasteiger charge is 2.10. The first-order valence-electron chi connectivity index (χ1n) is 6.95. The van der Waals surface area contributed by atoms with Crippen molar-refractivity contribution in [3.63, 3.8) is 0 Å². The minimum Gasteiger partial charge on any atom is -0.497 e. The molecule has 0 fully saturated rings. The SMILES string of the molecule is CCCNCc1nnnn1Cc1ccc(OC)cc1OC. The van der Waals surface area contributed by atoms with Gasteiger partial charge in [0.1, 0.15) is 11.5 Å². The van der Waals surface area contributed by atoms with E-state index in [0.717, 1.165) is 35.9 Å². The second-order valence-electron chi connectivity index (χ2n) is 4.61. The van der Waals surface area contributed by atoms with E-state index in [0.29, 0.717) is 13.1 Å². The number of rotatable bonds is 8. The predicted octanol–water partition coefficient (Wildman–Crippen LogP) is 1.24. The van der Waals surface area contributed by atoms with Crippen molar-refractivity contribution in [1.29, 1.82) is 0 Å². The van der Waals surface area contributed by atoms with Crippen LogP contribution < -0.4 is 14.8 Å². The highest BCUT2D eigenvalue weighted by molar-refractivity contribution is 5.40. The molecule has 1 N–H and O–H groups in total. The second kappa shape index (κ2) is 7.58. The molecule has 7 nitrogen and oxygen atoms in total. The van der Waals surface area contributed by atoms with E-state index >= 15 is 0 Å². The zero-order valence-corrected chi connectivity index (χ0v) is 12.7. The summed E-state index contributed by atoms with van der Waals surface area (Å²) in [5, 5.41) is 15.1. The molecular weight excluding hydrogens is 270 g/mol. The lowest BCUT2D eigenvalue weighted by Crippen LogP contribution is -2.18. The minimum absolute atomic E-state index is 0.559. The van der Waals surface area contributed by atoms with E-state index in [4.69, 9.17) is 9.47 Å². The van der Waals surface area contributed by atoms with Gasteiger partial charge in [0.2, 0.25) is 0 Å². The molecule has 1 aromatic heterocycles. The number of aromatic nitrogens is 4. The number of nitrogens with one attached hydrogen (secondary N) is 1. The Balaban J connectivity index is 2.13. The quantitative estimate of drug-likeness (QED) is 0.738. The van der Waals surface area contributed by atoms with Crippen LogP contribution in [0.3, 0.4) is 0 Å². The van der Waals surface area contributed by atoms with Gasteiger partial charge in [0.05, 0.1) is 27.3 Å². The molecular formula is C14H21N5O2. The number of benzene rings is 1. The molecule has 0 aliphatic carbocycles. The van der Waals surface area contributed by atoms with Crippen LogP contribution in [0.5, 0.6) is 11.5 Å². The Morgan fingerprint density at radius 1 is 1.24 bits per heavy atom. The molecule has 0 bridgehead atoms. The number of methoxy groups -OCH3 is 2. The van der Waals surface area contributed by atoms with Crippen LogP contribution in [0.25, 0.3) is 0 Å². The predicted molar refractivity (Wildman–Crippen MR) is 78.5 cm³/mol. The van der Waals surface area contributed by atoms with E-state index in [9.17, 15) is 0 Å². The van der Waals surface area contributed by atoms with Crippen molar-refractivity contribution >= 4 is 0 Å². The third-order valence-corrected chi connectivity index (χ3v) is 3.13. The minimum atomic E-state index is 0.559. The molecule has 0 atom stereocenters. The average molecular weight is 291 g/mol. The Morgan fingerprint density at radius 2 is 2.10 bits per heavy atom. The number of tetrazole rings is 1. The Morgan fingerprint density at radius 3 is 2.81 bits per heavy atom. The molecule has 1 heterocycles. The lowest BCUT2D eigenvalue weighted by molar-refractivity contribution is 0.389. The first-order chi connectivity index (χ1) is 10.3. The maximum atomic E-state index is 5.40.